The van der Waals surface area contributed by atoms with Gasteiger partial charge in [0, 0.05) is 12.1 Å². The topological polar surface area (TPSA) is 96.0 Å². The van der Waals surface area contributed by atoms with E-state index in [1.807, 2.05) is 0 Å². The van der Waals surface area contributed by atoms with Crippen LogP contribution in [0, 0.1) is 21.4 Å². The first kappa shape index (κ1) is 12.4. The number of nitrogens with zero attached hydrogens (tertiary/aromatic N) is 2. The maximum absolute atomic E-state index is 11.1. The molecule has 0 unspecified atom stereocenters. The molecule has 0 saturated carbocycles. The molecule has 0 aliphatic carbocycles. The van der Waals surface area contributed by atoms with Crippen LogP contribution in [-0.2, 0) is 4.79 Å². The summed E-state index contributed by atoms with van der Waals surface area (Å²) in [5, 5.41) is 21.2. The van der Waals surface area contributed by atoms with Crippen LogP contribution in [0.4, 0.5) is 5.69 Å². The Balaban J connectivity index is 2.81. The van der Waals surface area contributed by atoms with Gasteiger partial charge in [0.15, 0.2) is 0 Å². The van der Waals surface area contributed by atoms with E-state index in [-0.39, 0.29) is 12.2 Å². The molecule has 0 atom stereocenters. The van der Waals surface area contributed by atoms with E-state index in [0.29, 0.717) is 5.56 Å². The number of carbonyl (C=O) groups is 1. The van der Waals surface area contributed by atoms with E-state index < -0.39 is 10.8 Å². The van der Waals surface area contributed by atoms with Crippen molar-refractivity contribution in [3.05, 3.63) is 46.0 Å². The van der Waals surface area contributed by atoms with E-state index in [0.717, 1.165) is 6.08 Å². The van der Waals surface area contributed by atoms with Crippen LogP contribution in [0.25, 0.3) is 6.08 Å². The summed E-state index contributed by atoms with van der Waals surface area (Å²) in [7, 11) is 0. The number of hydrogen-bond acceptors (Lipinski definition) is 4. The maximum Gasteiger partial charge on any atom is 0.276 e. The molecule has 0 aliphatic heterocycles. The fourth-order valence-corrected chi connectivity index (χ4v) is 1.15. The van der Waals surface area contributed by atoms with Crippen LogP contribution in [0.2, 0.25) is 0 Å². The molecule has 86 valence electrons. The number of carbonyl (C=O) groups excluding carboxylic acids is 1. The Morgan fingerprint density at radius 1 is 1.53 bits per heavy atom. The van der Waals surface area contributed by atoms with Crippen molar-refractivity contribution < 1.29 is 9.72 Å². The van der Waals surface area contributed by atoms with Crippen LogP contribution >= 0.6 is 0 Å². The summed E-state index contributed by atoms with van der Waals surface area (Å²) < 4.78 is 0. The van der Waals surface area contributed by atoms with Gasteiger partial charge in [-0.2, -0.15) is 5.26 Å². The number of nitro benzene ring substituents is 1. The normalized spacial score (nSPS) is 9.82. The van der Waals surface area contributed by atoms with Crippen LogP contribution in [0.15, 0.2) is 30.3 Å². The molecule has 0 aliphatic rings. The van der Waals surface area contributed by atoms with Crippen LogP contribution in [0.3, 0.4) is 0 Å². The van der Waals surface area contributed by atoms with E-state index in [2.05, 4.69) is 5.32 Å². The van der Waals surface area contributed by atoms with Crippen molar-refractivity contribution in [2.24, 2.45) is 0 Å². The van der Waals surface area contributed by atoms with Gasteiger partial charge in [-0.15, -0.1) is 0 Å². The zero-order valence-electron chi connectivity index (χ0n) is 8.79. The number of nitrogens with one attached hydrogen (secondary N) is 1. The highest BCUT2D eigenvalue weighted by molar-refractivity contribution is 5.92. The lowest BCUT2D eigenvalue weighted by Crippen LogP contribution is -2.20. The van der Waals surface area contributed by atoms with Gasteiger partial charge in [0.05, 0.1) is 16.6 Å². The summed E-state index contributed by atoms with van der Waals surface area (Å²) in [6, 6.07) is 7.83. The molecule has 1 aromatic rings. The summed E-state index contributed by atoms with van der Waals surface area (Å²) in [5.74, 6) is -0.468. The SMILES string of the molecule is N#CCNC(=O)C=Cc1ccccc1[N+](=O)[O-]. The van der Waals surface area contributed by atoms with Gasteiger partial charge in [-0.3, -0.25) is 14.9 Å². The average Bonchev–Trinajstić information content (AvgIpc) is 2.34. The smallest absolute Gasteiger partial charge is 0.276 e. The minimum Gasteiger partial charge on any atom is -0.339 e. The summed E-state index contributed by atoms with van der Waals surface area (Å²) in [6.07, 6.45) is 2.49. The first-order valence-electron chi connectivity index (χ1n) is 4.71. The molecule has 0 fully saturated rings. The molecule has 0 heterocycles. The van der Waals surface area contributed by atoms with Crippen molar-refractivity contribution >= 4 is 17.7 Å². The van der Waals surface area contributed by atoms with Crippen molar-refractivity contribution in [2.45, 2.75) is 0 Å². The molecule has 0 radical (unpaired) electrons. The third-order valence-electron chi connectivity index (χ3n) is 1.89. The number of amides is 1. The van der Waals surface area contributed by atoms with Crippen molar-refractivity contribution in [3.8, 4) is 6.07 Å². The van der Waals surface area contributed by atoms with Gasteiger partial charge < -0.3 is 5.32 Å². The lowest BCUT2D eigenvalue weighted by molar-refractivity contribution is -0.385. The maximum atomic E-state index is 11.1. The molecule has 0 bridgehead atoms. The number of benzene rings is 1. The van der Waals surface area contributed by atoms with Gasteiger partial charge in [-0.05, 0) is 12.1 Å². The zero-order valence-corrected chi connectivity index (χ0v) is 8.79. The Hall–Kier alpha value is -2.68. The summed E-state index contributed by atoms with van der Waals surface area (Å²) >= 11 is 0. The number of nitro groups is 1. The van der Waals surface area contributed by atoms with E-state index >= 15 is 0 Å². The highest BCUT2D eigenvalue weighted by Crippen LogP contribution is 2.18. The van der Waals surface area contributed by atoms with E-state index in [9.17, 15) is 14.9 Å². The first-order chi connectivity index (χ1) is 8.15. The molecule has 6 heteroatoms. The van der Waals surface area contributed by atoms with Gasteiger partial charge >= 0.3 is 0 Å². The van der Waals surface area contributed by atoms with Crippen molar-refractivity contribution in [1.29, 1.82) is 5.26 Å². The van der Waals surface area contributed by atoms with E-state index in [4.69, 9.17) is 5.26 Å². The number of nitriles is 1. The lowest BCUT2D eigenvalue weighted by Gasteiger charge is -1.96. The van der Waals surface area contributed by atoms with Crippen molar-refractivity contribution in [3.63, 3.8) is 0 Å². The number of rotatable bonds is 4. The predicted molar refractivity (Wildman–Crippen MR) is 60.8 cm³/mol. The monoisotopic (exact) mass is 231 g/mol. The molecule has 1 N–H and O–H groups in total. The average molecular weight is 231 g/mol. The number of para-hydroxylation sites is 1. The summed E-state index contributed by atoms with van der Waals surface area (Å²) in [5.41, 5.74) is 0.265. The quantitative estimate of drug-likeness (QED) is 0.365. The highest BCUT2D eigenvalue weighted by atomic mass is 16.6. The Labute approximate surface area is 97.3 Å². The highest BCUT2D eigenvalue weighted by Gasteiger charge is 2.09. The standard InChI is InChI=1S/C11H9N3O3/c12-7-8-13-11(15)6-5-9-3-1-2-4-10(9)14(16)17/h1-6H,8H2,(H,13,15). The Kier molecular flexibility index (Phi) is 4.39. The molecule has 1 aromatic carbocycles. The molecule has 1 amide bonds. The Bertz CT molecular complexity index is 503. The second-order valence-electron chi connectivity index (χ2n) is 3.03. The van der Waals surface area contributed by atoms with Crippen LogP contribution < -0.4 is 5.32 Å². The zero-order chi connectivity index (χ0) is 12.7. The lowest BCUT2D eigenvalue weighted by atomic mass is 10.1. The first-order valence-corrected chi connectivity index (χ1v) is 4.71. The fourth-order valence-electron chi connectivity index (χ4n) is 1.15. The van der Waals surface area contributed by atoms with Crippen LogP contribution in [-0.4, -0.2) is 17.4 Å². The van der Waals surface area contributed by atoms with Gasteiger partial charge in [0.1, 0.15) is 6.54 Å². The van der Waals surface area contributed by atoms with E-state index in [1.54, 1.807) is 18.2 Å². The molecule has 6 nitrogen and oxygen atoms in total. The fraction of sp³-hybridized carbons (Fsp3) is 0.0909. The minimum atomic E-state index is -0.521. The number of hydrogen-bond donors (Lipinski definition) is 1. The molecule has 0 aromatic heterocycles. The van der Waals surface area contributed by atoms with Gasteiger partial charge in [0.2, 0.25) is 5.91 Å². The predicted octanol–water partition coefficient (Wildman–Crippen LogP) is 1.25. The largest absolute Gasteiger partial charge is 0.339 e. The van der Waals surface area contributed by atoms with Crippen LogP contribution in [0.1, 0.15) is 5.56 Å². The molecule has 1 rings (SSSR count). The summed E-state index contributed by atoms with van der Waals surface area (Å²) in [4.78, 5) is 21.3. The Morgan fingerprint density at radius 2 is 2.24 bits per heavy atom. The van der Waals surface area contributed by atoms with Crippen molar-refractivity contribution in [1.82, 2.24) is 5.32 Å². The molecule has 0 spiro atoms. The molecule has 17 heavy (non-hydrogen) atoms. The van der Waals surface area contributed by atoms with Gasteiger partial charge in [-0.1, -0.05) is 12.1 Å². The second kappa shape index (κ2) is 6.02. The van der Waals surface area contributed by atoms with Crippen LogP contribution in [0.5, 0.6) is 0 Å². The van der Waals surface area contributed by atoms with E-state index in [1.165, 1.54) is 18.2 Å². The van der Waals surface area contributed by atoms with Gasteiger partial charge in [-0.25, -0.2) is 0 Å². The third kappa shape index (κ3) is 3.76. The van der Waals surface area contributed by atoms with Crippen molar-refractivity contribution in [2.75, 3.05) is 6.54 Å². The Morgan fingerprint density at radius 3 is 2.88 bits per heavy atom. The third-order valence-corrected chi connectivity index (χ3v) is 1.89. The summed E-state index contributed by atoms with van der Waals surface area (Å²) in [6.45, 7) is -0.0972. The van der Waals surface area contributed by atoms with Gasteiger partial charge in [0.25, 0.3) is 5.69 Å². The molecule has 0 saturated heterocycles. The minimum absolute atomic E-state index is 0.0724. The molecular formula is C11H9N3O3. The molecular weight excluding hydrogens is 222 g/mol. The second-order valence-corrected chi connectivity index (χ2v) is 3.03.